The number of rotatable bonds is 7. The van der Waals surface area contributed by atoms with E-state index in [-0.39, 0.29) is 25.6 Å². The first-order chi connectivity index (χ1) is 15.3. The Morgan fingerprint density at radius 3 is 2.61 bits per heavy atom. The Morgan fingerprint density at radius 1 is 0.903 bits per heavy atom. The highest BCUT2D eigenvalue weighted by Crippen LogP contribution is 2.18. The molecule has 0 bridgehead atoms. The van der Waals surface area contributed by atoms with Crippen molar-refractivity contribution in [3.8, 4) is 5.75 Å². The third-order valence-corrected chi connectivity index (χ3v) is 4.97. The van der Waals surface area contributed by atoms with Crippen molar-refractivity contribution in [2.24, 2.45) is 0 Å². The maximum atomic E-state index is 12.8. The Balaban J connectivity index is 1.33. The van der Waals surface area contributed by atoms with Crippen molar-refractivity contribution in [3.63, 3.8) is 0 Å². The molecule has 5 aromatic rings. The molecular weight excluding hydrogens is 392 g/mol. The van der Waals surface area contributed by atoms with Gasteiger partial charge in [-0.3, -0.25) is 9.20 Å². The maximum absolute atomic E-state index is 12.8. The molecule has 3 heterocycles. The van der Waals surface area contributed by atoms with Gasteiger partial charge in [0.2, 0.25) is 5.91 Å². The van der Waals surface area contributed by atoms with Gasteiger partial charge in [0, 0.05) is 6.20 Å². The molecule has 2 aromatic carbocycles. The Kier molecular flexibility index (Phi) is 5.02. The Bertz CT molecular complexity index is 1340. The number of benzene rings is 2. The molecule has 3 aromatic heterocycles. The molecule has 0 fully saturated rings. The van der Waals surface area contributed by atoms with Crippen molar-refractivity contribution in [3.05, 3.63) is 90.6 Å². The number of carbonyl (C=O) groups excluding carboxylic acids is 1. The lowest BCUT2D eigenvalue weighted by molar-refractivity contribution is -0.121. The van der Waals surface area contributed by atoms with Crippen LogP contribution < -0.4 is 10.1 Å². The largest absolute Gasteiger partial charge is 0.486 e. The smallest absolute Gasteiger partial charge is 0.240 e. The van der Waals surface area contributed by atoms with E-state index in [0.717, 1.165) is 22.4 Å². The van der Waals surface area contributed by atoms with E-state index in [1.54, 1.807) is 0 Å². The van der Waals surface area contributed by atoms with E-state index in [4.69, 9.17) is 4.74 Å². The molecule has 154 valence electrons. The monoisotopic (exact) mass is 412 g/mol. The first kappa shape index (κ1) is 18.8. The quantitative estimate of drug-likeness (QED) is 0.444. The van der Waals surface area contributed by atoms with Crippen LogP contribution in [0.1, 0.15) is 11.6 Å². The predicted molar refractivity (Wildman–Crippen MR) is 115 cm³/mol. The van der Waals surface area contributed by atoms with Crippen LogP contribution in [0.25, 0.3) is 16.7 Å². The molecule has 0 spiro atoms. The number of para-hydroxylation sites is 3. The molecule has 8 heteroatoms. The zero-order valence-electron chi connectivity index (χ0n) is 16.7. The van der Waals surface area contributed by atoms with Crippen LogP contribution in [-0.4, -0.2) is 30.1 Å². The number of ether oxygens (including phenoxy) is 1. The fourth-order valence-corrected chi connectivity index (χ4v) is 3.47. The zero-order valence-corrected chi connectivity index (χ0v) is 16.7. The number of imidazole rings is 1. The lowest BCUT2D eigenvalue weighted by Crippen LogP contribution is -2.28. The minimum atomic E-state index is -0.142. The average molecular weight is 412 g/mol. The van der Waals surface area contributed by atoms with Crippen molar-refractivity contribution in [2.75, 3.05) is 0 Å². The second-order valence-electron chi connectivity index (χ2n) is 7.03. The predicted octanol–water partition coefficient (Wildman–Crippen LogP) is 2.97. The molecule has 0 aliphatic carbocycles. The number of aromatic nitrogens is 5. The highest BCUT2D eigenvalue weighted by Gasteiger charge is 2.15. The summed E-state index contributed by atoms with van der Waals surface area (Å²) in [6.07, 6.45) is 1.87. The van der Waals surface area contributed by atoms with Gasteiger partial charge in [-0.25, -0.2) is 4.98 Å². The zero-order chi connectivity index (χ0) is 21.0. The molecule has 31 heavy (non-hydrogen) atoms. The number of pyridine rings is 1. The molecule has 0 atom stereocenters. The summed E-state index contributed by atoms with van der Waals surface area (Å²) >= 11 is 0. The third-order valence-electron chi connectivity index (χ3n) is 4.97. The van der Waals surface area contributed by atoms with E-state index in [1.807, 2.05) is 88.0 Å². The highest BCUT2D eigenvalue weighted by molar-refractivity contribution is 5.81. The molecule has 0 aliphatic heterocycles. The van der Waals surface area contributed by atoms with Gasteiger partial charge in [-0.2, -0.15) is 0 Å². The molecule has 5 rings (SSSR count). The number of nitrogens with one attached hydrogen (secondary N) is 1. The van der Waals surface area contributed by atoms with Crippen LogP contribution in [0, 0.1) is 0 Å². The summed E-state index contributed by atoms with van der Waals surface area (Å²) in [5.74, 6) is 1.97. The summed E-state index contributed by atoms with van der Waals surface area (Å²) in [4.78, 5) is 17.4. The number of hydrogen-bond donors (Lipinski definition) is 1. The Morgan fingerprint density at radius 2 is 1.71 bits per heavy atom. The van der Waals surface area contributed by atoms with E-state index in [0.29, 0.717) is 11.6 Å². The summed E-state index contributed by atoms with van der Waals surface area (Å²) in [6, 6.07) is 23.0. The summed E-state index contributed by atoms with van der Waals surface area (Å²) in [5.41, 5.74) is 2.45. The third kappa shape index (κ3) is 3.95. The molecular formula is C23H20N6O2. The molecule has 1 N–H and O–H groups in total. The minimum Gasteiger partial charge on any atom is -0.486 e. The van der Waals surface area contributed by atoms with Crippen LogP contribution in [0.5, 0.6) is 5.75 Å². The Hall–Kier alpha value is -4.20. The van der Waals surface area contributed by atoms with E-state index in [9.17, 15) is 4.79 Å². The van der Waals surface area contributed by atoms with Gasteiger partial charge in [0.15, 0.2) is 11.5 Å². The van der Waals surface area contributed by atoms with Gasteiger partial charge in [0.05, 0.1) is 17.6 Å². The summed E-state index contributed by atoms with van der Waals surface area (Å²) in [6.45, 7) is 0.679. The molecule has 8 nitrogen and oxygen atoms in total. The van der Waals surface area contributed by atoms with Crippen LogP contribution in [0.3, 0.4) is 0 Å². The molecule has 1 amide bonds. The van der Waals surface area contributed by atoms with E-state index in [2.05, 4.69) is 20.5 Å². The molecule has 0 radical (unpaired) electrons. The first-order valence-corrected chi connectivity index (χ1v) is 9.95. The lowest BCUT2D eigenvalue weighted by Gasteiger charge is -2.11. The van der Waals surface area contributed by atoms with Crippen molar-refractivity contribution in [1.29, 1.82) is 0 Å². The number of fused-ring (bicyclic) bond motifs is 2. The maximum Gasteiger partial charge on any atom is 0.240 e. The van der Waals surface area contributed by atoms with Crippen molar-refractivity contribution in [1.82, 2.24) is 29.5 Å². The van der Waals surface area contributed by atoms with E-state index >= 15 is 0 Å². The summed E-state index contributed by atoms with van der Waals surface area (Å²) in [7, 11) is 0. The van der Waals surface area contributed by atoms with Crippen LogP contribution in [0.4, 0.5) is 0 Å². The van der Waals surface area contributed by atoms with Gasteiger partial charge in [-0.15, -0.1) is 10.2 Å². The fourth-order valence-electron chi connectivity index (χ4n) is 3.47. The van der Waals surface area contributed by atoms with Crippen LogP contribution in [0.15, 0.2) is 79.0 Å². The van der Waals surface area contributed by atoms with Crippen LogP contribution >= 0.6 is 0 Å². The molecule has 0 aliphatic rings. The second kappa shape index (κ2) is 8.27. The standard InChI is InChI=1S/C23H20N6O2/c30-23(24-14-21-27-26-20-12-6-7-13-28(20)21)15-29-19-11-5-4-10-18(19)25-22(29)16-31-17-8-2-1-3-9-17/h1-13H,14-16H2,(H,24,30). The van der Waals surface area contributed by atoms with Crippen LogP contribution in [-0.2, 0) is 24.5 Å². The molecule has 0 saturated carbocycles. The van der Waals surface area contributed by atoms with Crippen molar-refractivity contribution >= 4 is 22.6 Å². The van der Waals surface area contributed by atoms with Gasteiger partial charge >= 0.3 is 0 Å². The number of hydrogen-bond acceptors (Lipinski definition) is 5. The van der Waals surface area contributed by atoms with Gasteiger partial charge in [-0.1, -0.05) is 36.4 Å². The molecule has 0 saturated heterocycles. The number of nitrogens with zero attached hydrogens (tertiary/aromatic N) is 5. The van der Waals surface area contributed by atoms with Crippen LogP contribution in [0.2, 0.25) is 0 Å². The van der Waals surface area contributed by atoms with E-state index in [1.165, 1.54) is 0 Å². The van der Waals surface area contributed by atoms with E-state index < -0.39 is 0 Å². The summed E-state index contributed by atoms with van der Waals surface area (Å²) < 4.78 is 9.61. The van der Waals surface area contributed by atoms with Gasteiger partial charge in [0.1, 0.15) is 24.7 Å². The molecule has 0 unspecified atom stereocenters. The SMILES string of the molecule is O=C(Cn1c(COc2ccccc2)nc2ccccc21)NCc1nnc2ccccn12. The topological polar surface area (TPSA) is 86.3 Å². The Labute approximate surface area is 178 Å². The number of amides is 1. The highest BCUT2D eigenvalue weighted by atomic mass is 16.5. The normalized spacial score (nSPS) is 11.1. The first-order valence-electron chi connectivity index (χ1n) is 9.95. The second-order valence-corrected chi connectivity index (χ2v) is 7.03. The van der Waals surface area contributed by atoms with Crippen molar-refractivity contribution < 1.29 is 9.53 Å². The average Bonchev–Trinajstić information content (AvgIpc) is 3.38. The summed E-state index contributed by atoms with van der Waals surface area (Å²) in [5, 5.41) is 11.2. The van der Waals surface area contributed by atoms with Crippen molar-refractivity contribution in [2.45, 2.75) is 19.7 Å². The van der Waals surface area contributed by atoms with Gasteiger partial charge in [-0.05, 0) is 36.4 Å². The number of carbonyl (C=O) groups is 1. The minimum absolute atomic E-state index is 0.130. The lowest BCUT2D eigenvalue weighted by atomic mass is 10.3. The van der Waals surface area contributed by atoms with Gasteiger partial charge < -0.3 is 14.6 Å². The van der Waals surface area contributed by atoms with Gasteiger partial charge in [0.25, 0.3) is 0 Å². The fraction of sp³-hybridized carbons (Fsp3) is 0.130.